The summed E-state index contributed by atoms with van der Waals surface area (Å²) in [6.45, 7) is 6.64. The standard InChI is InChI=1S/C16H27N/c1-5-6-7-8-9-16(17-4)15-11-10-13(2)14(3)12-15/h10-12,16-17H,5-9H2,1-4H3. The summed E-state index contributed by atoms with van der Waals surface area (Å²) < 4.78 is 0. The van der Waals surface area contributed by atoms with E-state index in [0.717, 1.165) is 0 Å². The Hall–Kier alpha value is -0.820. The molecule has 17 heavy (non-hydrogen) atoms. The molecule has 1 aromatic carbocycles. The molecule has 0 bridgehead atoms. The van der Waals surface area contributed by atoms with Crippen molar-refractivity contribution >= 4 is 0 Å². The number of rotatable bonds is 7. The molecule has 1 unspecified atom stereocenters. The van der Waals surface area contributed by atoms with Crippen LogP contribution in [0.25, 0.3) is 0 Å². The summed E-state index contributed by atoms with van der Waals surface area (Å²) in [6, 6.07) is 7.35. The first kappa shape index (κ1) is 14.2. The second-order valence-electron chi connectivity index (χ2n) is 5.03. The van der Waals surface area contributed by atoms with Crippen LogP contribution in [0.15, 0.2) is 18.2 Å². The number of hydrogen-bond acceptors (Lipinski definition) is 1. The van der Waals surface area contributed by atoms with E-state index in [1.807, 2.05) is 0 Å². The maximum absolute atomic E-state index is 3.44. The predicted octanol–water partition coefficient (Wildman–Crippen LogP) is 4.53. The van der Waals surface area contributed by atoms with Crippen molar-refractivity contribution in [3.8, 4) is 0 Å². The minimum absolute atomic E-state index is 0.520. The van der Waals surface area contributed by atoms with E-state index < -0.39 is 0 Å². The van der Waals surface area contributed by atoms with E-state index >= 15 is 0 Å². The highest BCUT2D eigenvalue weighted by atomic mass is 14.9. The molecule has 0 aromatic heterocycles. The van der Waals surface area contributed by atoms with Gasteiger partial charge in [-0.05, 0) is 44.0 Å². The van der Waals surface area contributed by atoms with Crippen molar-refractivity contribution in [3.05, 3.63) is 34.9 Å². The van der Waals surface area contributed by atoms with Crippen LogP contribution in [0.2, 0.25) is 0 Å². The monoisotopic (exact) mass is 233 g/mol. The van der Waals surface area contributed by atoms with Crippen molar-refractivity contribution in [1.29, 1.82) is 0 Å². The van der Waals surface area contributed by atoms with Gasteiger partial charge in [-0.3, -0.25) is 0 Å². The Morgan fingerprint density at radius 2 is 1.82 bits per heavy atom. The zero-order chi connectivity index (χ0) is 12.7. The van der Waals surface area contributed by atoms with Crippen molar-refractivity contribution < 1.29 is 0 Å². The van der Waals surface area contributed by atoms with E-state index in [-0.39, 0.29) is 0 Å². The molecule has 1 N–H and O–H groups in total. The summed E-state index contributed by atoms with van der Waals surface area (Å²) >= 11 is 0. The number of hydrogen-bond donors (Lipinski definition) is 1. The molecule has 1 nitrogen and oxygen atoms in total. The fraction of sp³-hybridized carbons (Fsp3) is 0.625. The van der Waals surface area contributed by atoms with Crippen LogP contribution in [-0.2, 0) is 0 Å². The second kappa shape index (κ2) is 7.50. The van der Waals surface area contributed by atoms with Gasteiger partial charge < -0.3 is 5.32 Å². The summed E-state index contributed by atoms with van der Waals surface area (Å²) in [7, 11) is 2.07. The smallest absolute Gasteiger partial charge is 0.0317 e. The SMILES string of the molecule is CCCCCCC(NC)c1ccc(C)c(C)c1. The Morgan fingerprint density at radius 3 is 2.41 bits per heavy atom. The van der Waals surface area contributed by atoms with Gasteiger partial charge in [0.1, 0.15) is 0 Å². The van der Waals surface area contributed by atoms with E-state index in [9.17, 15) is 0 Å². The fourth-order valence-corrected chi connectivity index (χ4v) is 2.23. The lowest BCUT2D eigenvalue weighted by atomic mass is 9.97. The lowest BCUT2D eigenvalue weighted by Gasteiger charge is -2.17. The van der Waals surface area contributed by atoms with Gasteiger partial charge in [-0.25, -0.2) is 0 Å². The molecule has 0 fully saturated rings. The fourth-order valence-electron chi connectivity index (χ4n) is 2.23. The van der Waals surface area contributed by atoms with E-state index in [4.69, 9.17) is 0 Å². The molecule has 1 atom stereocenters. The summed E-state index contributed by atoms with van der Waals surface area (Å²) in [6.07, 6.45) is 6.61. The maximum atomic E-state index is 3.44. The molecule has 1 heteroatoms. The van der Waals surface area contributed by atoms with Crippen LogP contribution in [0.4, 0.5) is 0 Å². The number of aryl methyl sites for hydroxylation is 2. The molecule has 0 amide bonds. The van der Waals surface area contributed by atoms with Crippen molar-refractivity contribution in [2.75, 3.05) is 7.05 Å². The lowest BCUT2D eigenvalue weighted by Crippen LogP contribution is -2.16. The van der Waals surface area contributed by atoms with E-state index in [2.05, 4.69) is 51.3 Å². The van der Waals surface area contributed by atoms with Crippen LogP contribution in [0.5, 0.6) is 0 Å². The van der Waals surface area contributed by atoms with Gasteiger partial charge in [0.25, 0.3) is 0 Å². The Kier molecular flexibility index (Phi) is 6.28. The molecule has 0 saturated heterocycles. The number of benzene rings is 1. The molecule has 0 radical (unpaired) electrons. The molecular weight excluding hydrogens is 206 g/mol. The van der Waals surface area contributed by atoms with Gasteiger partial charge in [-0.2, -0.15) is 0 Å². The molecule has 1 aromatic rings. The zero-order valence-corrected chi connectivity index (χ0v) is 11.8. The van der Waals surface area contributed by atoms with Crippen molar-refractivity contribution in [2.24, 2.45) is 0 Å². The lowest BCUT2D eigenvalue weighted by molar-refractivity contribution is 0.505. The first-order valence-corrected chi connectivity index (χ1v) is 6.93. The third-order valence-corrected chi connectivity index (χ3v) is 3.63. The minimum Gasteiger partial charge on any atom is -0.313 e. The van der Waals surface area contributed by atoms with Gasteiger partial charge in [-0.1, -0.05) is 50.8 Å². The van der Waals surface area contributed by atoms with Crippen LogP contribution in [0, 0.1) is 13.8 Å². The topological polar surface area (TPSA) is 12.0 Å². The van der Waals surface area contributed by atoms with Crippen LogP contribution >= 0.6 is 0 Å². The normalized spacial score (nSPS) is 12.7. The quantitative estimate of drug-likeness (QED) is 0.682. The average molecular weight is 233 g/mol. The van der Waals surface area contributed by atoms with Crippen LogP contribution in [0.1, 0.15) is 61.8 Å². The molecule has 0 aliphatic carbocycles. The third kappa shape index (κ3) is 4.51. The molecule has 0 aliphatic heterocycles. The Bertz CT molecular complexity index is 330. The van der Waals surface area contributed by atoms with Gasteiger partial charge in [-0.15, -0.1) is 0 Å². The molecule has 1 rings (SSSR count). The largest absolute Gasteiger partial charge is 0.313 e. The molecule has 0 aliphatic rings. The maximum Gasteiger partial charge on any atom is 0.0317 e. The van der Waals surface area contributed by atoms with Crippen molar-refractivity contribution in [3.63, 3.8) is 0 Å². The first-order valence-electron chi connectivity index (χ1n) is 6.93. The summed E-state index contributed by atoms with van der Waals surface area (Å²) in [4.78, 5) is 0. The van der Waals surface area contributed by atoms with Gasteiger partial charge in [0.15, 0.2) is 0 Å². The molecule has 0 heterocycles. The molecular formula is C16H27N. The number of unbranched alkanes of at least 4 members (excludes halogenated alkanes) is 3. The van der Waals surface area contributed by atoms with Crippen LogP contribution in [-0.4, -0.2) is 7.05 Å². The highest BCUT2D eigenvalue weighted by Crippen LogP contribution is 2.22. The van der Waals surface area contributed by atoms with Crippen molar-refractivity contribution in [1.82, 2.24) is 5.32 Å². The van der Waals surface area contributed by atoms with Gasteiger partial charge >= 0.3 is 0 Å². The van der Waals surface area contributed by atoms with E-state index in [0.29, 0.717) is 6.04 Å². The van der Waals surface area contributed by atoms with Gasteiger partial charge in [0.2, 0.25) is 0 Å². The van der Waals surface area contributed by atoms with Crippen LogP contribution < -0.4 is 5.32 Å². The molecule has 0 spiro atoms. The average Bonchev–Trinajstić information content (AvgIpc) is 2.33. The van der Waals surface area contributed by atoms with Crippen LogP contribution in [0.3, 0.4) is 0 Å². The third-order valence-electron chi connectivity index (χ3n) is 3.63. The predicted molar refractivity (Wildman–Crippen MR) is 76.5 cm³/mol. The second-order valence-corrected chi connectivity index (χ2v) is 5.03. The highest BCUT2D eigenvalue weighted by molar-refractivity contribution is 5.31. The van der Waals surface area contributed by atoms with E-state index in [1.54, 1.807) is 0 Å². The Morgan fingerprint density at radius 1 is 1.06 bits per heavy atom. The Labute approximate surface area is 107 Å². The Balaban J connectivity index is 2.56. The summed E-state index contributed by atoms with van der Waals surface area (Å²) in [5.74, 6) is 0. The molecule has 0 saturated carbocycles. The highest BCUT2D eigenvalue weighted by Gasteiger charge is 2.09. The van der Waals surface area contributed by atoms with E-state index in [1.165, 1.54) is 48.8 Å². The summed E-state index contributed by atoms with van der Waals surface area (Å²) in [5.41, 5.74) is 4.22. The minimum atomic E-state index is 0.520. The first-order chi connectivity index (χ1) is 8.19. The molecule has 96 valence electrons. The zero-order valence-electron chi connectivity index (χ0n) is 11.8. The summed E-state index contributed by atoms with van der Waals surface area (Å²) in [5, 5.41) is 3.44. The van der Waals surface area contributed by atoms with Gasteiger partial charge in [0.05, 0.1) is 0 Å². The van der Waals surface area contributed by atoms with Gasteiger partial charge in [0, 0.05) is 6.04 Å². The van der Waals surface area contributed by atoms with Crippen molar-refractivity contribution in [2.45, 2.75) is 58.9 Å². The number of nitrogens with one attached hydrogen (secondary N) is 1.